The number of alkyl halides is 3. The first kappa shape index (κ1) is 29.0. The minimum Gasteiger partial charge on any atom is -0.475 e. The molecule has 0 amide bonds. The zero-order valence-corrected chi connectivity index (χ0v) is 23.0. The number of aromatic nitrogens is 2. The molecular formula is C24H25F3N4O5S3. The van der Waals surface area contributed by atoms with Crippen LogP contribution in [0.3, 0.4) is 0 Å². The highest BCUT2D eigenvalue weighted by molar-refractivity contribution is 7.94. The molecule has 0 radical (unpaired) electrons. The Balaban J connectivity index is 0.000000448. The van der Waals surface area contributed by atoms with E-state index >= 15 is 0 Å². The Morgan fingerprint density at radius 2 is 2.05 bits per heavy atom. The molecule has 1 fully saturated rings. The number of hydrogen-bond acceptors (Lipinski definition) is 8. The topological polar surface area (TPSA) is 136 Å². The number of aryl methyl sites for hydroxylation is 1. The number of rotatable bonds is 7. The molecule has 1 aliphatic rings. The van der Waals surface area contributed by atoms with Crippen LogP contribution in [0.1, 0.15) is 23.8 Å². The van der Waals surface area contributed by atoms with Crippen LogP contribution >= 0.6 is 22.7 Å². The van der Waals surface area contributed by atoms with E-state index in [1.807, 2.05) is 42.8 Å². The van der Waals surface area contributed by atoms with Gasteiger partial charge in [0.1, 0.15) is 9.22 Å². The lowest BCUT2D eigenvalue weighted by molar-refractivity contribution is -0.192. The maximum Gasteiger partial charge on any atom is 0.490 e. The van der Waals surface area contributed by atoms with Gasteiger partial charge in [-0.15, -0.1) is 22.7 Å². The highest BCUT2D eigenvalue weighted by Gasteiger charge is 2.38. The number of para-hydroxylation sites is 1. The van der Waals surface area contributed by atoms with Crippen LogP contribution < -0.4 is 4.72 Å². The van der Waals surface area contributed by atoms with Crippen LogP contribution in [-0.2, 0) is 27.8 Å². The molecule has 4 heterocycles. The van der Waals surface area contributed by atoms with Gasteiger partial charge in [0.15, 0.2) is 0 Å². The lowest BCUT2D eigenvalue weighted by atomic mass is 10.2. The minimum atomic E-state index is -5.08. The Morgan fingerprint density at radius 3 is 2.69 bits per heavy atom. The van der Waals surface area contributed by atoms with Gasteiger partial charge in [-0.25, -0.2) is 18.2 Å². The number of sulfonamides is 1. The number of aliphatic hydroxyl groups is 1. The van der Waals surface area contributed by atoms with E-state index in [9.17, 15) is 26.7 Å². The first-order chi connectivity index (χ1) is 18.4. The lowest BCUT2D eigenvalue weighted by Crippen LogP contribution is -2.21. The summed E-state index contributed by atoms with van der Waals surface area (Å²) in [6.07, 6.45) is -1.96. The van der Waals surface area contributed by atoms with Gasteiger partial charge in [-0.1, -0.05) is 19.1 Å². The summed E-state index contributed by atoms with van der Waals surface area (Å²) in [6.45, 7) is 4.33. The van der Waals surface area contributed by atoms with Gasteiger partial charge in [-0.05, 0) is 42.0 Å². The van der Waals surface area contributed by atoms with Gasteiger partial charge >= 0.3 is 12.1 Å². The van der Waals surface area contributed by atoms with Crippen LogP contribution in [0.5, 0.6) is 0 Å². The summed E-state index contributed by atoms with van der Waals surface area (Å²) in [5, 5.41) is 20.4. The van der Waals surface area contributed by atoms with Crippen molar-refractivity contribution < 1.29 is 36.6 Å². The number of H-pyrrole nitrogens is 1. The van der Waals surface area contributed by atoms with Gasteiger partial charge < -0.3 is 15.2 Å². The largest absolute Gasteiger partial charge is 0.490 e. The van der Waals surface area contributed by atoms with Crippen molar-refractivity contribution in [2.45, 2.75) is 42.8 Å². The average molecular weight is 603 g/mol. The number of aliphatic carboxylic acids is 1. The fourth-order valence-electron chi connectivity index (χ4n) is 4.05. The number of thiophene rings is 1. The zero-order valence-electron chi connectivity index (χ0n) is 20.5. The second-order valence-electron chi connectivity index (χ2n) is 8.76. The summed E-state index contributed by atoms with van der Waals surface area (Å²) in [4.78, 5) is 20.2. The average Bonchev–Trinajstić information content (AvgIpc) is 3.65. The number of aromatic amines is 1. The van der Waals surface area contributed by atoms with Crippen molar-refractivity contribution >= 4 is 55.3 Å². The fourth-order valence-corrected chi connectivity index (χ4v) is 7.60. The molecule has 9 nitrogen and oxygen atoms in total. The second-order valence-corrected chi connectivity index (χ2v) is 12.7. The standard InChI is InChI=1S/C22H24N4O3S3.C2HF3O2/c1-2-14-7-9-30-22(14)32(28,29)25-18-5-3-4-15-10-19(24-20(15)18)21-23-11-17(31-21)13-26-8-6-16(27)12-26;3-2(4,5)1(6)7/h3-5,7,9-11,16,24-25,27H,2,6,8,12-13H2,1H3;(H,6,7). The molecule has 0 saturated carbocycles. The monoisotopic (exact) mass is 602 g/mol. The highest BCUT2D eigenvalue weighted by Crippen LogP contribution is 2.33. The molecule has 4 N–H and O–H groups in total. The number of anilines is 1. The second kappa shape index (κ2) is 11.6. The van der Waals surface area contributed by atoms with Crippen LogP contribution in [0.2, 0.25) is 0 Å². The number of nitrogens with zero attached hydrogens (tertiary/aromatic N) is 2. The molecule has 15 heteroatoms. The minimum absolute atomic E-state index is 0.235. The summed E-state index contributed by atoms with van der Waals surface area (Å²) in [7, 11) is -3.66. The molecule has 0 bridgehead atoms. The van der Waals surface area contributed by atoms with Gasteiger partial charge in [-0.3, -0.25) is 9.62 Å². The third-order valence-electron chi connectivity index (χ3n) is 5.89. The predicted octanol–water partition coefficient (Wildman–Crippen LogP) is 4.92. The van der Waals surface area contributed by atoms with E-state index in [1.54, 1.807) is 17.4 Å². The van der Waals surface area contributed by atoms with Crippen LogP contribution in [0, 0.1) is 0 Å². The Labute approximate surface area is 230 Å². The molecule has 0 spiro atoms. The zero-order chi connectivity index (χ0) is 28.4. The van der Waals surface area contributed by atoms with Crippen molar-refractivity contribution in [3.63, 3.8) is 0 Å². The molecular weight excluding hydrogens is 577 g/mol. The highest BCUT2D eigenvalue weighted by atomic mass is 32.2. The third-order valence-corrected chi connectivity index (χ3v) is 9.84. The Hall–Kier alpha value is -2.98. The maximum atomic E-state index is 13.0. The Bertz CT molecular complexity index is 1560. The number of β-amino-alcohol motifs (C(OH)–C–C–N with tert-alkyl or cyclic N) is 1. The summed E-state index contributed by atoms with van der Waals surface area (Å²) in [6, 6.07) is 9.42. The number of halogens is 3. The molecule has 0 aliphatic carbocycles. The molecule has 39 heavy (non-hydrogen) atoms. The number of likely N-dealkylation sites (tertiary alicyclic amines) is 1. The van der Waals surface area contributed by atoms with Crippen molar-refractivity contribution in [3.8, 4) is 10.7 Å². The van der Waals surface area contributed by atoms with E-state index < -0.39 is 22.2 Å². The van der Waals surface area contributed by atoms with E-state index in [4.69, 9.17) is 9.90 Å². The summed E-state index contributed by atoms with van der Waals surface area (Å²) in [5.74, 6) is -2.76. The normalized spacial score (nSPS) is 16.3. The van der Waals surface area contributed by atoms with E-state index in [0.717, 1.165) is 51.6 Å². The van der Waals surface area contributed by atoms with Crippen molar-refractivity contribution in [2.75, 3.05) is 17.8 Å². The Kier molecular flexibility index (Phi) is 8.66. The number of fused-ring (bicyclic) bond motifs is 1. The van der Waals surface area contributed by atoms with E-state index in [2.05, 4.69) is 19.6 Å². The van der Waals surface area contributed by atoms with Gasteiger partial charge in [0.2, 0.25) is 0 Å². The summed E-state index contributed by atoms with van der Waals surface area (Å²) >= 11 is 2.84. The molecule has 4 aromatic rings. The van der Waals surface area contributed by atoms with Gasteiger partial charge in [0.05, 0.1) is 23.0 Å². The van der Waals surface area contributed by atoms with Crippen LogP contribution in [0.15, 0.2) is 46.1 Å². The molecule has 1 saturated heterocycles. The number of thiazole rings is 1. The predicted molar refractivity (Wildman–Crippen MR) is 144 cm³/mol. The summed E-state index contributed by atoms with van der Waals surface area (Å²) < 4.78 is 60.9. The number of carboxylic acids is 1. The molecule has 3 aromatic heterocycles. The smallest absolute Gasteiger partial charge is 0.475 e. The first-order valence-electron chi connectivity index (χ1n) is 11.7. The van der Waals surface area contributed by atoms with Crippen LogP contribution in [0.25, 0.3) is 21.6 Å². The number of carboxylic acid groups (broad SMARTS) is 1. The molecule has 1 atom stereocenters. The Morgan fingerprint density at radius 1 is 1.31 bits per heavy atom. The van der Waals surface area contributed by atoms with Gasteiger partial charge in [-0.2, -0.15) is 13.2 Å². The van der Waals surface area contributed by atoms with E-state index in [-0.39, 0.29) is 6.10 Å². The van der Waals surface area contributed by atoms with Crippen molar-refractivity contribution in [1.82, 2.24) is 14.9 Å². The maximum absolute atomic E-state index is 13.0. The fraction of sp³-hybridized carbons (Fsp3) is 0.333. The van der Waals surface area contributed by atoms with E-state index in [1.165, 1.54) is 11.3 Å². The van der Waals surface area contributed by atoms with Crippen molar-refractivity contribution in [1.29, 1.82) is 0 Å². The molecule has 5 rings (SSSR count). The quantitative estimate of drug-likeness (QED) is 0.236. The molecule has 1 aliphatic heterocycles. The number of benzene rings is 1. The number of hydrogen-bond donors (Lipinski definition) is 4. The number of nitrogens with one attached hydrogen (secondary N) is 2. The van der Waals surface area contributed by atoms with Crippen molar-refractivity contribution in [3.05, 3.63) is 52.3 Å². The number of carbonyl (C=O) groups is 1. The SMILES string of the molecule is CCc1ccsc1S(=O)(=O)Nc1cccc2cc(-c3ncc(CN4CCC(O)C4)s3)[nH]c12.O=C(O)C(F)(F)F. The molecule has 1 aromatic carbocycles. The summed E-state index contributed by atoms with van der Waals surface area (Å²) in [5.41, 5.74) is 2.93. The first-order valence-corrected chi connectivity index (χ1v) is 14.9. The van der Waals surface area contributed by atoms with E-state index in [0.29, 0.717) is 22.9 Å². The molecule has 1 unspecified atom stereocenters. The van der Waals surface area contributed by atoms with Crippen molar-refractivity contribution in [2.24, 2.45) is 0 Å². The van der Waals surface area contributed by atoms with Crippen LogP contribution in [0.4, 0.5) is 18.9 Å². The third kappa shape index (κ3) is 6.97. The lowest BCUT2D eigenvalue weighted by Gasteiger charge is -2.12. The number of aliphatic hydroxyl groups excluding tert-OH is 1. The van der Waals surface area contributed by atoms with Crippen LogP contribution in [-0.4, -0.2) is 64.8 Å². The molecule has 210 valence electrons. The van der Waals surface area contributed by atoms with Gasteiger partial charge in [0.25, 0.3) is 10.0 Å². The van der Waals surface area contributed by atoms with Gasteiger partial charge in [0, 0.05) is 36.1 Å².